The number of nitrogens with zero attached hydrogens (tertiary/aromatic N) is 4. The number of aromatic nitrogens is 3. The van der Waals surface area contributed by atoms with Gasteiger partial charge in [-0.05, 0) is 50.9 Å². The van der Waals surface area contributed by atoms with Gasteiger partial charge in [0.1, 0.15) is 5.82 Å². The number of hydrogen-bond acceptors (Lipinski definition) is 5. The maximum absolute atomic E-state index is 12.5. The van der Waals surface area contributed by atoms with Crippen molar-refractivity contribution in [1.82, 2.24) is 24.6 Å². The maximum Gasteiger partial charge on any atom is 0.345 e. The lowest BCUT2D eigenvalue weighted by Gasteiger charge is -2.15. The normalized spacial score (nSPS) is 17.4. The van der Waals surface area contributed by atoms with Gasteiger partial charge in [0.2, 0.25) is 0 Å². The molecule has 2 aromatic heterocycles. The van der Waals surface area contributed by atoms with Crippen molar-refractivity contribution < 1.29 is 4.79 Å². The van der Waals surface area contributed by atoms with E-state index in [1.165, 1.54) is 11.3 Å². The molecule has 0 fully saturated rings. The molecule has 7 nitrogen and oxygen atoms in total. The van der Waals surface area contributed by atoms with Gasteiger partial charge < -0.3 is 10.2 Å². The Morgan fingerprint density at radius 3 is 2.92 bits per heavy atom. The van der Waals surface area contributed by atoms with Crippen LogP contribution < -0.4 is 11.0 Å². The first-order valence-corrected chi connectivity index (χ1v) is 9.50. The summed E-state index contributed by atoms with van der Waals surface area (Å²) in [6.45, 7) is 3.94. The van der Waals surface area contributed by atoms with Crippen molar-refractivity contribution in [3.8, 4) is 0 Å². The van der Waals surface area contributed by atoms with Crippen LogP contribution in [0.3, 0.4) is 0 Å². The maximum atomic E-state index is 12.5. The van der Waals surface area contributed by atoms with E-state index in [9.17, 15) is 9.59 Å². The number of aryl methyl sites for hydroxylation is 2. The lowest BCUT2D eigenvalue weighted by Crippen LogP contribution is -2.36. The molecule has 3 rings (SSSR count). The van der Waals surface area contributed by atoms with Gasteiger partial charge in [0, 0.05) is 25.6 Å². The molecule has 0 saturated carbocycles. The summed E-state index contributed by atoms with van der Waals surface area (Å²) >= 11 is 1.47. The van der Waals surface area contributed by atoms with Crippen LogP contribution in [0.15, 0.2) is 16.2 Å². The second-order valence-corrected chi connectivity index (χ2v) is 7.72. The van der Waals surface area contributed by atoms with Crippen molar-refractivity contribution >= 4 is 17.2 Å². The van der Waals surface area contributed by atoms with Crippen LogP contribution in [0.2, 0.25) is 0 Å². The Balaban J connectivity index is 1.64. The Kier molecular flexibility index (Phi) is 5.39. The lowest BCUT2D eigenvalue weighted by atomic mass is 10.1. The molecular formula is C17H25N5O2S. The number of amides is 1. The van der Waals surface area contributed by atoms with Gasteiger partial charge in [-0.2, -0.15) is 5.10 Å². The molecule has 0 spiro atoms. The van der Waals surface area contributed by atoms with Crippen molar-refractivity contribution in [2.45, 2.75) is 45.3 Å². The fraction of sp³-hybridized carbons (Fsp3) is 0.588. The monoisotopic (exact) mass is 363 g/mol. The highest BCUT2D eigenvalue weighted by Gasteiger charge is 2.23. The molecule has 1 atom stereocenters. The summed E-state index contributed by atoms with van der Waals surface area (Å²) in [6.07, 6.45) is 2.27. The van der Waals surface area contributed by atoms with Crippen LogP contribution >= 0.6 is 11.3 Å². The zero-order valence-electron chi connectivity index (χ0n) is 15.0. The molecule has 1 unspecified atom stereocenters. The number of likely N-dealkylation sites (N-methyl/N-ethyl adjacent to an activating group) is 1. The fourth-order valence-electron chi connectivity index (χ4n) is 3.07. The second kappa shape index (κ2) is 7.53. The first kappa shape index (κ1) is 17.9. The van der Waals surface area contributed by atoms with Gasteiger partial charge in [0.25, 0.3) is 5.91 Å². The van der Waals surface area contributed by atoms with E-state index in [1.54, 1.807) is 9.25 Å². The van der Waals surface area contributed by atoms with Gasteiger partial charge in [-0.15, -0.1) is 11.3 Å². The molecule has 25 heavy (non-hydrogen) atoms. The van der Waals surface area contributed by atoms with Gasteiger partial charge in [0.15, 0.2) is 0 Å². The highest BCUT2D eigenvalue weighted by atomic mass is 32.1. The summed E-state index contributed by atoms with van der Waals surface area (Å²) in [5.41, 5.74) is 0.964. The summed E-state index contributed by atoms with van der Waals surface area (Å²) < 4.78 is 3.32. The van der Waals surface area contributed by atoms with Crippen molar-refractivity contribution in [2.75, 3.05) is 20.6 Å². The zero-order valence-corrected chi connectivity index (χ0v) is 15.8. The van der Waals surface area contributed by atoms with Crippen LogP contribution in [0, 0.1) is 6.92 Å². The number of rotatable bonds is 5. The lowest BCUT2D eigenvalue weighted by molar-refractivity contribution is 0.0936. The first-order valence-electron chi connectivity index (χ1n) is 8.62. The van der Waals surface area contributed by atoms with Crippen molar-refractivity contribution in [2.24, 2.45) is 0 Å². The third kappa shape index (κ3) is 4.01. The van der Waals surface area contributed by atoms with Gasteiger partial charge in [-0.25, -0.2) is 9.48 Å². The molecule has 0 saturated heterocycles. The predicted octanol–water partition coefficient (Wildman–Crippen LogP) is 1.11. The summed E-state index contributed by atoms with van der Waals surface area (Å²) in [5.74, 6) is 0.813. The predicted molar refractivity (Wildman–Crippen MR) is 98.3 cm³/mol. The molecule has 1 N–H and O–H groups in total. The van der Waals surface area contributed by atoms with Crippen LogP contribution in [0.5, 0.6) is 0 Å². The minimum Gasteiger partial charge on any atom is -0.349 e. The molecule has 2 aromatic rings. The molecule has 0 aliphatic carbocycles. The van der Waals surface area contributed by atoms with Crippen LogP contribution in [0.4, 0.5) is 0 Å². The number of nitrogens with one attached hydrogen (secondary N) is 1. The third-order valence-corrected chi connectivity index (χ3v) is 5.59. The van der Waals surface area contributed by atoms with E-state index in [0.717, 1.165) is 35.7 Å². The molecule has 136 valence electrons. The quantitative estimate of drug-likeness (QED) is 0.864. The van der Waals surface area contributed by atoms with E-state index >= 15 is 0 Å². The van der Waals surface area contributed by atoms with E-state index < -0.39 is 0 Å². The molecule has 1 aliphatic rings. The van der Waals surface area contributed by atoms with Crippen LogP contribution in [0.1, 0.15) is 33.9 Å². The van der Waals surface area contributed by atoms with Crippen molar-refractivity contribution in [3.05, 3.63) is 38.2 Å². The van der Waals surface area contributed by atoms with Crippen molar-refractivity contribution in [3.63, 3.8) is 0 Å². The van der Waals surface area contributed by atoms with E-state index in [1.807, 2.05) is 37.4 Å². The largest absolute Gasteiger partial charge is 0.349 e. The summed E-state index contributed by atoms with van der Waals surface area (Å²) in [7, 11) is 3.96. The summed E-state index contributed by atoms with van der Waals surface area (Å²) in [5, 5.41) is 9.54. The summed E-state index contributed by atoms with van der Waals surface area (Å²) in [4.78, 5) is 27.7. The Morgan fingerprint density at radius 2 is 2.24 bits per heavy atom. The average molecular weight is 363 g/mol. The number of carbonyl (C=O) groups is 1. The van der Waals surface area contributed by atoms with Gasteiger partial charge in [0.05, 0.1) is 11.4 Å². The third-order valence-electron chi connectivity index (χ3n) is 4.58. The highest BCUT2D eigenvalue weighted by molar-refractivity contribution is 7.12. The van der Waals surface area contributed by atoms with E-state index in [2.05, 4.69) is 10.4 Å². The van der Waals surface area contributed by atoms with Crippen LogP contribution in [0.25, 0.3) is 0 Å². The Bertz CT molecular complexity index is 804. The van der Waals surface area contributed by atoms with Crippen LogP contribution in [-0.2, 0) is 19.5 Å². The van der Waals surface area contributed by atoms with Gasteiger partial charge in [-0.3, -0.25) is 9.36 Å². The molecule has 8 heteroatoms. The first-order chi connectivity index (χ1) is 12.0. The molecule has 3 heterocycles. The molecule has 0 bridgehead atoms. The number of fused-ring (bicyclic) bond motifs is 1. The number of carbonyl (C=O) groups excluding carboxylic acids is 1. The molecule has 0 radical (unpaired) electrons. The molecule has 0 aromatic carbocycles. The number of hydrogen-bond donors (Lipinski definition) is 1. The smallest absolute Gasteiger partial charge is 0.345 e. The fourth-order valence-corrected chi connectivity index (χ4v) is 3.90. The average Bonchev–Trinajstić information content (AvgIpc) is 3.05. The zero-order chi connectivity index (χ0) is 18.0. The highest BCUT2D eigenvalue weighted by Crippen LogP contribution is 2.17. The van der Waals surface area contributed by atoms with Gasteiger partial charge >= 0.3 is 5.69 Å². The van der Waals surface area contributed by atoms with E-state index in [4.69, 9.17) is 0 Å². The molecule has 1 amide bonds. The Hall–Kier alpha value is -1.93. The minimum atomic E-state index is -0.0436. The topological polar surface area (TPSA) is 72.2 Å². The molecule has 1 aliphatic heterocycles. The Morgan fingerprint density at radius 1 is 1.44 bits per heavy atom. The number of thiophene rings is 1. The van der Waals surface area contributed by atoms with Gasteiger partial charge in [-0.1, -0.05) is 0 Å². The van der Waals surface area contributed by atoms with Crippen molar-refractivity contribution in [1.29, 1.82) is 0 Å². The SMILES string of the molecule is Cc1ccsc1C(=O)NC1CCc2nn(CCN(C)C)c(=O)n2CC1. The van der Waals surface area contributed by atoms with E-state index in [-0.39, 0.29) is 17.6 Å². The van der Waals surface area contributed by atoms with Crippen LogP contribution in [-0.4, -0.2) is 51.8 Å². The molecular weight excluding hydrogens is 338 g/mol. The standard InChI is InChI=1S/C17H25N5O2S/c1-12-7-11-25-15(12)16(23)18-13-4-5-14-19-22(10-9-20(2)3)17(24)21(14)8-6-13/h7,11,13H,4-6,8-10H2,1-3H3,(H,18,23). The summed E-state index contributed by atoms with van der Waals surface area (Å²) in [6, 6.07) is 2.03. The Labute approximate surface area is 151 Å². The minimum absolute atomic E-state index is 0.0135. The second-order valence-electron chi connectivity index (χ2n) is 6.81. The van der Waals surface area contributed by atoms with E-state index in [0.29, 0.717) is 19.5 Å².